The van der Waals surface area contributed by atoms with Crippen LogP contribution >= 0.6 is 0 Å². The highest BCUT2D eigenvalue weighted by atomic mass is 16.5. The smallest absolute Gasteiger partial charge is 0.309 e. The van der Waals surface area contributed by atoms with E-state index < -0.39 is 11.8 Å². The molecule has 0 fully saturated rings. The number of unbranched alkanes of at least 4 members (excludes halogenated alkanes) is 2. The Morgan fingerprint density at radius 1 is 0.955 bits per heavy atom. The topological polar surface area (TPSA) is 76.7 Å². The summed E-state index contributed by atoms with van der Waals surface area (Å²) in [5, 5.41) is 5.10. The number of rotatable bonds is 9. The van der Waals surface area contributed by atoms with Gasteiger partial charge < -0.3 is 20.1 Å². The van der Waals surface area contributed by atoms with Crippen LogP contribution in [0.1, 0.15) is 26.2 Å². The van der Waals surface area contributed by atoms with Gasteiger partial charge in [-0.1, -0.05) is 19.8 Å². The lowest BCUT2D eigenvalue weighted by Gasteiger charge is -2.08. The first-order chi connectivity index (χ1) is 10.7. The number of ether oxygens (including phenoxy) is 2. The summed E-state index contributed by atoms with van der Waals surface area (Å²) < 4.78 is 10.5. The number of nitrogens with one attached hydrogen (secondary N) is 2. The van der Waals surface area contributed by atoms with Crippen LogP contribution in [0.2, 0.25) is 0 Å². The van der Waals surface area contributed by atoms with E-state index in [2.05, 4.69) is 17.6 Å². The largest absolute Gasteiger partial charge is 0.497 e. The van der Waals surface area contributed by atoms with Crippen molar-refractivity contribution in [3.05, 3.63) is 24.3 Å². The van der Waals surface area contributed by atoms with Gasteiger partial charge in [0.05, 0.1) is 13.7 Å². The maximum atomic E-state index is 11.5. The molecule has 0 spiro atoms. The Hall–Kier alpha value is -2.24. The maximum absolute atomic E-state index is 11.5. The number of methoxy groups -OCH3 is 1. The van der Waals surface area contributed by atoms with Crippen LogP contribution in [-0.4, -0.2) is 38.6 Å². The number of hydrogen-bond donors (Lipinski definition) is 2. The van der Waals surface area contributed by atoms with E-state index in [4.69, 9.17) is 9.47 Å². The average molecular weight is 308 g/mol. The summed E-state index contributed by atoms with van der Waals surface area (Å²) in [6.45, 7) is 3.17. The molecule has 6 nitrogen and oxygen atoms in total. The van der Waals surface area contributed by atoms with Crippen LogP contribution in [0.25, 0.3) is 0 Å². The van der Waals surface area contributed by atoms with Gasteiger partial charge in [0.2, 0.25) is 0 Å². The van der Waals surface area contributed by atoms with Crippen molar-refractivity contribution in [1.29, 1.82) is 0 Å². The molecule has 0 radical (unpaired) electrons. The van der Waals surface area contributed by atoms with Crippen LogP contribution in [0.15, 0.2) is 24.3 Å². The number of carbonyl (C=O) groups excluding carboxylic acids is 2. The Morgan fingerprint density at radius 2 is 1.55 bits per heavy atom. The Bertz CT molecular complexity index is 460. The van der Waals surface area contributed by atoms with Crippen molar-refractivity contribution in [1.82, 2.24) is 10.6 Å². The minimum Gasteiger partial charge on any atom is -0.497 e. The molecule has 0 bridgehead atoms. The van der Waals surface area contributed by atoms with Gasteiger partial charge in [-0.25, -0.2) is 0 Å². The Balaban J connectivity index is 2.14. The molecule has 0 heterocycles. The summed E-state index contributed by atoms with van der Waals surface area (Å²) in [4.78, 5) is 23.0. The summed E-state index contributed by atoms with van der Waals surface area (Å²) in [5.41, 5.74) is 0. The van der Waals surface area contributed by atoms with Gasteiger partial charge in [0, 0.05) is 6.54 Å². The molecule has 0 saturated carbocycles. The predicted molar refractivity (Wildman–Crippen MR) is 84.0 cm³/mol. The van der Waals surface area contributed by atoms with Crippen LogP contribution in [0.4, 0.5) is 0 Å². The molecule has 122 valence electrons. The molecule has 1 rings (SSSR count). The molecule has 0 aromatic heterocycles. The van der Waals surface area contributed by atoms with Gasteiger partial charge >= 0.3 is 11.8 Å². The van der Waals surface area contributed by atoms with Crippen LogP contribution < -0.4 is 20.1 Å². The molecule has 0 aliphatic carbocycles. The highest BCUT2D eigenvalue weighted by molar-refractivity contribution is 6.35. The molecule has 2 amide bonds. The van der Waals surface area contributed by atoms with E-state index in [1.165, 1.54) is 0 Å². The van der Waals surface area contributed by atoms with Crippen LogP contribution in [0.5, 0.6) is 11.5 Å². The fourth-order valence-corrected chi connectivity index (χ4v) is 1.74. The Morgan fingerprint density at radius 3 is 2.14 bits per heavy atom. The number of amides is 2. The van der Waals surface area contributed by atoms with Crippen molar-refractivity contribution in [3.8, 4) is 11.5 Å². The van der Waals surface area contributed by atoms with Gasteiger partial charge in [0.25, 0.3) is 0 Å². The minimum absolute atomic E-state index is 0.271. The fourth-order valence-electron chi connectivity index (χ4n) is 1.74. The van der Waals surface area contributed by atoms with Crippen LogP contribution in [0.3, 0.4) is 0 Å². The first-order valence-electron chi connectivity index (χ1n) is 7.50. The lowest BCUT2D eigenvalue weighted by molar-refractivity contribution is -0.139. The van der Waals surface area contributed by atoms with Crippen LogP contribution in [0, 0.1) is 0 Å². The normalized spacial score (nSPS) is 9.91. The van der Waals surface area contributed by atoms with Crippen molar-refractivity contribution in [2.75, 3.05) is 26.8 Å². The van der Waals surface area contributed by atoms with Crippen molar-refractivity contribution in [2.24, 2.45) is 0 Å². The molecule has 0 atom stereocenters. The standard InChI is InChI=1S/C16H24N2O4/c1-3-4-5-10-17-15(19)16(20)18-11-12-22-14-8-6-13(21-2)7-9-14/h6-9H,3-5,10-12H2,1-2H3,(H,17,19)(H,18,20). The summed E-state index contributed by atoms with van der Waals surface area (Å²) >= 11 is 0. The highest BCUT2D eigenvalue weighted by Gasteiger charge is 2.11. The summed E-state index contributed by atoms with van der Waals surface area (Å²) in [6.07, 6.45) is 3.00. The van der Waals surface area contributed by atoms with E-state index in [9.17, 15) is 9.59 Å². The zero-order valence-electron chi connectivity index (χ0n) is 13.2. The SMILES string of the molecule is CCCCCNC(=O)C(=O)NCCOc1ccc(OC)cc1. The van der Waals surface area contributed by atoms with Gasteiger partial charge in [0.1, 0.15) is 18.1 Å². The van der Waals surface area contributed by atoms with E-state index in [0.717, 1.165) is 25.0 Å². The second kappa shape index (κ2) is 10.5. The van der Waals surface area contributed by atoms with E-state index >= 15 is 0 Å². The van der Waals surface area contributed by atoms with Gasteiger partial charge in [0.15, 0.2) is 0 Å². The van der Waals surface area contributed by atoms with Crippen molar-refractivity contribution in [2.45, 2.75) is 26.2 Å². The summed E-state index contributed by atoms with van der Waals surface area (Å²) in [7, 11) is 1.60. The number of hydrogen-bond acceptors (Lipinski definition) is 4. The Kier molecular flexibility index (Phi) is 8.49. The van der Waals surface area contributed by atoms with Gasteiger partial charge in [-0.2, -0.15) is 0 Å². The molecule has 2 N–H and O–H groups in total. The third kappa shape index (κ3) is 6.97. The first-order valence-corrected chi connectivity index (χ1v) is 7.50. The van der Waals surface area contributed by atoms with Crippen LogP contribution in [-0.2, 0) is 9.59 Å². The summed E-state index contributed by atoms with van der Waals surface area (Å²) in [5.74, 6) is 0.204. The third-order valence-corrected chi connectivity index (χ3v) is 2.99. The maximum Gasteiger partial charge on any atom is 0.309 e. The van der Waals surface area contributed by atoms with Gasteiger partial charge in [-0.05, 0) is 30.7 Å². The highest BCUT2D eigenvalue weighted by Crippen LogP contribution is 2.16. The lowest BCUT2D eigenvalue weighted by Crippen LogP contribution is -2.41. The molecule has 1 aromatic rings. The molecular weight excluding hydrogens is 284 g/mol. The molecular formula is C16H24N2O4. The van der Waals surface area contributed by atoms with E-state index in [1.807, 2.05) is 0 Å². The molecule has 1 aromatic carbocycles. The van der Waals surface area contributed by atoms with E-state index in [1.54, 1.807) is 31.4 Å². The third-order valence-electron chi connectivity index (χ3n) is 2.99. The molecule has 6 heteroatoms. The monoisotopic (exact) mass is 308 g/mol. The second-order valence-electron chi connectivity index (χ2n) is 4.74. The summed E-state index contributed by atoms with van der Waals surface area (Å²) in [6, 6.07) is 7.14. The van der Waals surface area contributed by atoms with Gasteiger partial charge in [-0.3, -0.25) is 9.59 Å². The predicted octanol–water partition coefficient (Wildman–Crippen LogP) is 1.50. The molecule has 0 saturated heterocycles. The average Bonchev–Trinajstić information content (AvgIpc) is 2.55. The zero-order valence-corrected chi connectivity index (χ0v) is 13.2. The van der Waals surface area contributed by atoms with Crippen molar-refractivity contribution >= 4 is 11.8 Å². The van der Waals surface area contributed by atoms with Gasteiger partial charge in [-0.15, -0.1) is 0 Å². The number of carbonyl (C=O) groups is 2. The quantitative estimate of drug-likeness (QED) is 0.535. The molecule has 22 heavy (non-hydrogen) atoms. The first kappa shape index (κ1) is 17.8. The minimum atomic E-state index is -0.630. The number of benzene rings is 1. The fraction of sp³-hybridized carbons (Fsp3) is 0.500. The zero-order chi connectivity index (χ0) is 16.2. The van der Waals surface area contributed by atoms with E-state index in [0.29, 0.717) is 18.9 Å². The van der Waals surface area contributed by atoms with Crippen molar-refractivity contribution in [3.63, 3.8) is 0 Å². The van der Waals surface area contributed by atoms with E-state index in [-0.39, 0.29) is 6.54 Å². The Labute approximate surface area is 131 Å². The second-order valence-corrected chi connectivity index (χ2v) is 4.74. The molecule has 0 unspecified atom stereocenters. The molecule has 0 aliphatic rings. The molecule has 0 aliphatic heterocycles. The van der Waals surface area contributed by atoms with Crippen molar-refractivity contribution < 1.29 is 19.1 Å². The lowest BCUT2D eigenvalue weighted by atomic mass is 10.2.